The Morgan fingerprint density at radius 3 is 2.50 bits per heavy atom. The van der Waals surface area contributed by atoms with Crippen molar-refractivity contribution in [1.82, 2.24) is 10.3 Å². The van der Waals surface area contributed by atoms with Crippen LogP contribution in [0.3, 0.4) is 0 Å². The van der Waals surface area contributed by atoms with Crippen molar-refractivity contribution < 1.29 is 4.74 Å². The molecule has 1 aromatic carbocycles. The zero-order valence-electron chi connectivity index (χ0n) is 10.4. The number of rotatable bonds is 4. The van der Waals surface area contributed by atoms with E-state index in [9.17, 15) is 0 Å². The lowest BCUT2D eigenvalue weighted by atomic mass is 10.0. The third-order valence-electron chi connectivity index (χ3n) is 2.80. The molecule has 0 aliphatic heterocycles. The van der Waals surface area contributed by atoms with E-state index in [1.54, 1.807) is 13.3 Å². The van der Waals surface area contributed by atoms with E-state index in [1.165, 1.54) is 0 Å². The van der Waals surface area contributed by atoms with Crippen LogP contribution in [-0.4, -0.2) is 19.1 Å². The highest BCUT2D eigenvalue weighted by Crippen LogP contribution is 2.27. The molecule has 0 saturated heterocycles. The molecule has 0 fully saturated rings. The molecule has 2 rings (SSSR count). The molecule has 2 aromatic rings. The monoisotopic (exact) mass is 306 g/mol. The van der Waals surface area contributed by atoms with E-state index in [0.29, 0.717) is 0 Å². The van der Waals surface area contributed by atoms with Crippen molar-refractivity contribution in [2.45, 2.75) is 6.04 Å². The van der Waals surface area contributed by atoms with E-state index in [2.05, 4.69) is 26.2 Å². The lowest BCUT2D eigenvalue weighted by Crippen LogP contribution is -2.19. The Bertz CT molecular complexity index is 513. The molecule has 94 valence electrons. The molecule has 18 heavy (non-hydrogen) atoms. The summed E-state index contributed by atoms with van der Waals surface area (Å²) in [6.07, 6.45) is 1.80. The number of ether oxygens (including phenoxy) is 1. The minimum absolute atomic E-state index is 0.0616. The molecule has 0 aliphatic rings. The van der Waals surface area contributed by atoms with Gasteiger partial charge in [-0.2, -0.15) is 0 Å². The second kappa shape index (κ2) is 5.98. The van der Waals surface area contributed by atoms with Gasteiger partial charge in [0.2, 0.25) is 0 Å². The van der Waals surface area contributed by atoms with Gasteiger partial charge in [0.25, 0.3) is 0 Å². The average molecular weight is 307 g/mol. The molecule has 0 radical (unpaired) electrons. The van der Waals surface area contributed by atoms with Gasteiger partial charge in [-0.05, 0) is 52.8 Å². The summed E-state index contributed by atoms with van der Waals surface area (Å²) < 4.78 is 6.17. The van der Waals surface area contributed by atoms with Crippen molar-refractivity contribution in [3.05, 3.63) is 58.3 Å². The summed E-state index contributed by atoms with van der Waals surface area (Å²) in [4.78, 5) is 4.43. The smallest absolute Gasteiger partial charge is 0.118 e. The van der Waals surface area contributed by atoms with E-state index in [1.807, 2.05) is 43.4 Å². The number of nitrogens with zero attached hydrogens (tertiary/aromatic N) is 1. The molecule has 0 spiro atoms. The predicted molar refractivity (Wildman–Crippen MR) is 75.8 cm³/mol. The highest BCUT2D eigenvalue weighted by atomic mass is 79.9. The van der Waals surface area contributed by atoms with Crippen molar-refractivity contribution in [1.29, 1.82) is 0 Å². The largest absolute Gasteiger partial charge is 0.497 e. The summed E-state index contributed by atoms with van der Waals surface area (Å²) >= 11 is 3.54. The Balaban J connectivity index is 2.36. The van der Waals surface area contributed by atoms with Gasteiger partial charge in [-0.25, -0.2) is 0 Å². The molecular formula is C14H15BrN2O. The van der Waals surface area contributed by atoms with Gasteiger partial charge in [-0.3, -0.25) is 4.98 Å². The van der Waals surface area contributed by atoms with E-state index in [4.69, 9.17) is 4.74 Å². The first-order valence-electron chi connectivity index (χ1n) is 5.68. The number of nitrogens with one attached hydrogen (secondary N) is 1. The van der Waals surface area contributed by atoms with Crippen LogP contribution in [0.4, 0.5) is 0 Å². The van der Waals surface area contributed by atoms with E-state index in [0.717, 1.165) is 21.5 Å². The second-order valence-electron chi connectivity index (χ2n) is 3.87. The van der Waals surface area contributed by atoms with Crippen molar-refractivity contribution in [2.24, 2.45) is 0 Å². The quantitative estimate of drug-likeness (QED) is 0.942. The van der Waals surface area contributed by atoms with Gasteiger partial charge in [0.15, 0.2) is 0 Å². The normalized spacial score (nSPS) is 12.2. The van der Waals surface area contributed by atoms with Crippen LogP contribution >= 0.6 is 15.9 Å². The molecule has 0 saturated carbocycles. The summed E-state index contributed by atoms with van der Waals surface area (Å²) in [5.74, 6) is 0.855. The first kappa shape index (κ1) is 13.1. The fourth-order valence-corrected chi connectivity index (χ4v) is 2.35. The zero-order valence-corrected chi connectivity index (χ0v) is 11.9. The zero-order chi connectivity index (χ0) is 13.0. The number of methoxy groups -OCH3 is 1. The third kappa shape index (κ3) is 2.71. The predicted octanol–water partition coefficient (Wildman–Crippen LogP) is 3.16. The molecule has 3 nitrogen and oxygen atoms in total. The number of benzene rings is 1. The lowest BCUT2D eigenvalue weighted by molar-refractivity contribution is 0.414. The van der Waals surface area contributed by atoms with Gasteiger partial charge < -0.3 is 10.1 Å². The van der Waals surface area contributed by atoms with Crippen LogP contribution in [0.1, 0.15) is 17.3 Å². The third-order valence-corrected chi connectivity index (χ3v) is 3.47. The van der Waals surface area contributed by atoms with Gasteiger partial charge in [0, 0.05) is 10.7 Å². The molecular weight excluding hydrogens is 292 g/mol. The van der Waals surface area contributed by atoms with E-state index < -0.39 is 0 Å². The summed E-state index contributed by atoms with van der Waals surface area (Å²) in [5, 5.41) is 3.28. The second-order valence-corrected chi connectivity index (χ2v) is 4.72. The number of hydrogen-bond donors (Lipinski definition) is 1. The summed E-state index contributed by atoms with van der Waals surface area (Å²) in [5.41, 5.74) is 2.13. The molecule has 0 amide bonds. The SMILES string of the molecule is CNC(c1ccc(OC)cc1)c1ncccc1Br. The fourth-order valence-electron chi connectivity index (χ4n) is 1.87. The average Bonchev–Trinajstić information content (AvgIpc) is 2.42. The Morgan fingerprint density at radius 2 is 1.94 bits per heavy atom. The Labute approximate surface area is 115 Å². The maximum absolute atomic E-state index is 5.17. The molecule has 4 heteroatoms. The van der Waals surface area contributed by atoms with Gasteiger partial charge in [0.1, 0.15) is 5.75 Å². The molecule has 1 atom stereocenters. The van der Waals surface area contributed by atoms with Crippen LogP contribution in [-0.2, 0) is 0 Å². The topological polar surface area (TPSA) is 34.1 Å². The Kier molecular flexibility index (Phi) is 4.33. The van der Waals surface area contributed by atoms with Gasteiger partial charge in [0.05, 0.1) is 18.8 Å². The summed E-state index contributed by atoms with van der Waals surface area (Å²) in [6.45, 7) is 0. The minimum Gasteiger partial charge on any atom is -0.497 e. The van der Waals surface area contributed by atoms with Crippen LogP contribution < -0.4 is 10.1 Å². The van der Waals surface area contributed by atoms with Gasteiger partial charge in [-0.1, -0.05) is 12.1 Å². The van der Waals surface area contributed by atoms with Crippen molar-refractivity contribution >= 4 is 15.9 Å². The standard InChI is InChI=1S/C14H15BrN2O/c1-16-13(14-12(15)4-3-9-17-14)10-5-7-11(18-2)8-6-10/h3-9,13,16H,1-2H3. The first-order valence-corrected chi connectivity index (χ1v) is 6.47. The van der Waals surface area contributed by atoms with Crippen molar-refractivity contribution in [3.8, 4) is 5.75 Å². The maximum Gasteiger partial charge on any atom is 0.118 e. The molecule has 0 aliphatic carbocycles. The molecule has 1 aromatic heterocycles. The Hall–Kier alpha value is -1.39. The maximum atomic E-state index is 5.17. The van der Waals surface area contributed by atoms with E-state index in [-0.39, 0.29) is 6.04 Å². The lowest BCUT2D eigenvalue weighted by Gasteiger charge is -2.17. The summed E-state index contributed by atoms with van der Waals surface area (Å²) in [7, 11) is 3.59. The highest BCUT2D eigenvalue weighted by Gasteiger charge is 2.15. The van der Waals surface area contributed by atoms with Crippen LogP contribution in [0.25, 0.3) is 0 Å². The van der Waals surface area contributed by atoms with E-state index >= 15 is 0 Å². The minimum atomic E-state index is 0.0616. The summed E-state index contributed by atoms with van der Waals surface area (Å²) in [6, 6.07) is 12.0. The number of halogens is 1. The molecule has 0 bridgehead atoms. The number of pyridine rings is 1. The Morgan fingerprint density at radius 1 is 1.22 bits per heavy atom. The molecule has 1 heterocycles. The van der Waals surface area contributed by atoms with Gasteiger partial charge in [-0.15, -0.1) is 0 Å². The molecule has 1 unspecified atom stereocenters. The van der Waals surface area contributed by atoms with Crippen molar-refractivity contribution in [2.75, 3.05) is 14.2 Å². The van der Waals surface area contributed by atoms with Crippen LogP contribution in [0.2, 0.25) is 0 Å². The van der Waals surface area contributed by atoms with Gasteiger partial charge >= 0.3 is 0 Å². The van der Waals surface area contributed by atoms with Crippen LogP contribution in [0, 0.1) is 0 Å². The van der Waals surface area contributed by atoms with Crippen LogP contribution in [0.15, 0.2) is 47.1 Å². The number of hydrogen-bond acceptors (Lipinski definition) is 3. The first-order chi connectivity index (χ1) is 8.76. The number of aromatic nitrogens is 1. The van der Waals surface area contributed by atoms with Crippen LogP contribution in [0.5, 0.6) is 5.75 Å². The highest BCUT2D eigenvalue weighted by molar-refractivity contribution is 9.10. The fraction of sp³-hybridized carbons (Fsp3) is 0.214. The van der Waals surface area contributed by atoms with Crippen molar-refractivity contribution in [3.63, 3.8) is 0 Å². The molecule has 1 N–H and O–H groups in total.